The van der Waals surface area contributed by atoms with Gasteiger partial charge in [-0.1, -0.05) is 6.07 Å². The van der Waals surface area contributed by atoms with Crippen LogP contribution in [0.3, 0.4) is 0 Å². The molecule has 156 valence electrons. The Labute approximate surface area is 173 Å². The fourth-order valence-electron chi connectivity index (χ4n) is 2.70. The van der Waals surface area contributed by atoms with E-state index in [1.807, 2.05) is 19.1 Å². The average molecular weight is 409 g/mol. The van der Waals surface area contributed by atoms with Gasteiger partial charge in [0.1, 0.15) is 5.84 Å². The van der Waals surface area contributed by atoms with Gasteiger partial charge < -0.3 is 15.6 Å². The largest absolute Gasteiger partial charge is 0.393 e. The Hall–Kier alpha value is -3.88. The van der Waals surface area contributed by atoms with Crippen LogP contribution in [-0.4, -0.2) is 46.0 Å². The van der Waals surface area contributed by atoms with Gasteiger partial charge >= 0.3 is 0 Å². The second-order valence-corrected chi connectivity index (χ2v) is 6.46. The summed E-state index contributed by atoms with van der Waals surface area (Å²) in [5, 5.41) is 26.7. The van der Waals surface area contributed by atoms with Gasteiger partial charge in [-0.3, -0.25) is 25.2 Å². The van der Waals surface area contributed by atoms with E-state index in [-0.39, 0.29) is 5.84 Å². The summed E-state index contributed by atoms with van der Waals surface area (Å²) in [6.45, 7) is 3.49. The Morgan fingerprint density at radius 2 is 2.17 bits per heavy atom. The van der Waals surface area contributed by atoms with Crippen molar-refractivity contribution in [1.29, 1.82) is 16.2 Å². The van der Waals surface area contributed by atoms with Crippen LogP contribution in [0.25, 0.3) is 11.6 Å². The predicted molar refractivity (Wildman–Crippen MR) is 115 cm³/mol. The summed E-state index contributed by atoms with van der Waals surface area (Å²) in [7, 11) is 1.65. The van der Waals surface area contributed by atoms with Gasteiger partial charge in [-0.25, -0.2) is 4.39 Å². The van der Waals surface area contributed by atoms with Crippen molar-refractivity contribution < 1.29 is 9.18 Å². The van der Waals surface area contributed by atoms with Gasteiger partial charge in [0, 0.05) is 49.2 Å². The van der Waals surface area contributed by atoms with Crippen LogP contribution in [0.15, 0.2) is 43.0 Å². The second-order valence-electron chi connectivity index (χ2n) is 6.46. The first kappa shape index (κ1) is 22.4. The molecule has 0 saturated heterocycles. The zero-order valence-electron chi connectivity index (χ0n) is 17.0. The number of rotatable bonds is 8. The van der Waals surface area contributed by atoms with E-state index in [2.05, 4.69) is 10.3 Å². The number of aryl methyl sites for hydroxylation is 1. The highest BCUT2D eigenvalue weighted by Crippen LogP contribution is 2.13. The summed E-state index contributed by atoms with van der Waals surface area (Å²) in [5.74, 6) is -1.02. The van der Waals surface area contributed by atoms with E-state index in [1.165, 1.54) is 23.5 Å². The molecule has 1 atom stereocenters. The number of hydrogen-bond donors (Lipinski definition) is 4. The van der Waals surface area contributed by atoms with Crippen LogP contribution in [-0.2, 0) is 4.79 Å². The van der Waals surface area contributed by atoms with Crippen LogP contribution < -0.4 is 10.8 Å². The van der Waals surface area contributed by atoms with Crippen LogP contribution >= 0.6 is 0 Å². The van der Waals surface area contributed by atoms with Gasteiger partial charge in [0.05, 0.1) is 11.7 Å². The molecule has 0 radical (unpaired) electrons. The molecule has 2 aromatic heterocycles. The first-order chi connectivity index (χ1) is 14.3. The Kier molecular flexibility index (Phi) is 7.51. The molecule has 8 nitrogen and oxygen atoms in total. The van der Waals surface area contributed by atoms with E-state index in [1.54, 1.807) is 26.2 Å². The highest BCUT2D eigenvalue weighted by Gasteiger charge is 2.19. The molecule has 2 heterocycles. The topological polar surface area (TPSA) is 122 Å². The van der Waals surface area contributed by atoms with E-state index in [0.29, 0.717) is 23.2 Å². The van der Waals surface area contributed by atoms with Gasteiger partial charge in [0.2, 0.25) is 6.41 Å². The van der Waals surface area contributed by atoms with E-state index >= 15 is 0 Å². The Balaban J connectivity index is 2.40. The molecule has 0 bridgehead atoms. The summed E-state index contributed by atoms with van der Waals surface area (Å²) in [6, 6.07) is 4.04. The number of carbonyl (C=O) groups excluding carboxylic acids is 1. The molecule has 0 aliphatic carbocycles. The monoisotopic (exact) mass is 409 g/mol. The highest BCUT2D eigenvalue weighted by atomic mass is 19.1. The van der Waals surface area contributed by atoms with Crippen molar-refractivity contribution in [3.8, 4) is 0 Å². The third kappa shape index (κ3) is 4.93. The van der Waals surface area contributed by atoms with Gasteiger partial charge in [-0.2, -0.15) is 0 Å². The molecule has 2 rings (SSSR count). The van der Waals surface area contributed by atoms with E-state index in [4.69, 9.17) is 16.2 Å². The molecule has 0 aromatic carbocycles. The van der Waals surface area contributed by atoms with Crippen LogP contribution in [0.2, 0.25) is 0 Å². The summed E-state index contributed by atoms with van der Waals surface area (Å²) >= 11 is 0. The summed E-state index contributed by atoms with van der Waals surface area (Å²) in [5.41, 5.74) is 1.79. The van der Waals surface area contributed by atoms with Crippen molar-refractivity contribution in [3.63, 3.8) is 0 Å². The van der Waals surface area contributed by atoms with E-state index in [0.717, 1.165) is 22.4 Å². The Morgan fingerprint density at radius 1 is 1.43 bits per heavy atom. The number of nitrogens with one attached hydrogen (secondary N) is 4. The fourth-order valence-corrected chi connectivity index (χ4v) is 2.70. The third-order valence-corrected chi connectivity index (χ3v) is 4.48. The SMILES string of the molecule is CN/C=C(\C=N)c1cc(F)c(=N)n(C(=N)C(C)N(C=O)/C=C\c2ncccc2C)c1. The molecule has 0 spiro atoms. The smallest absolute Gasteiger partial charge is 0.214 e. The first-order valence-electron chi connectivity index (χ1n) is 9.10. The quantitative estimate of drug-likeness (QED) is 0.304. The summed E-state index contributed by atoms with van der Waals surface area (Å²) in [4.78, 5) is 17.1. The molecule has 30 heavy (non-hydrogen) atoms. The minimum absolute atomic E-state index is 0.177. The molecule has 2 aromatic rings. The van der Waals surface area contributed by atoms with Crippen molar-refractivity contribution in [3.05, 3.63) is 71.1 Å². The lowest BCUT2D eigenvalue weighted by atomic mass is 10.1. The lowest BCUT2D eigenvalue weighted by Crippen LogP contribution is -2.42. The normalized spacial score (nSPS) is 12.5. The summed E-state index contributed by atoms with van der Waals surface area (Å²) in [6.07, 6.45) is 9.30. The number of amides is 1. The zero-order chi connectivity index (χ0) is 22.3. The number of carbonyl (C=O) groups is 1. The zero-order valence-corrected chi connectivity index (χ0v) is 17.0. The molecule has 9 heteroatoms. The van der Waals surface area contributed by atoms with Crippen molar-refractivity contribution >= 4 is 30.1 Å². The molecule has 0 aliphatic rings. The fraction of sp³-hybridized carbons (Fsp3) is 0.190. The molecule has 0 saturated carbocycles. The van der Waals surface area contributed by atoms with Gasteiger partial charge in [-0.05, 0) is 37.6 Å². The molecule has 0 fully saturated rings. The average Bonchev–Trinajstić information content (AvgIpc) is 2.74. The third-order valence-electron chi connectivity index (χ3n) is 4.48. The number of halogens is 1. The molecule has 1 unspecified atom stereocenters. The lowest BCUT2D eigenvalue weighted by molar-refractivity contribution is -0.116. The molecule has 1 amide bonds. The van der Waals surface area contributed by atoms with Gasteiger partial charge in [-0.15, -0.1) is 0 Å². The first-order valence-corrected chi connectivity index (χ1v) is 9.10. The minimum atomic E-state index is -0.842. The maximum Gasteiger partial charge on any atom is 0.214 e. The van der Waals surface area contributed by atoms with Crippen LogP contribution in [0, 0.1) is 29.0 Å². The number of allylic oxidation sites excluding steroid dienone is 1. The van der Waals surface area contributed by atoms with Gasteiger partial charge in [0.15, 0.2) is 11.3 Å². The standard InChI is InChI=1S/C21H24FN7O/c1-14-5-4-7-27-19(14)6-8-28(13-30)15(2)20(24)29-12-16(9-18(22)21(29)25)17(10-23)11-26-3/h4-13,15,23-26H,1-3H3/b8-6-,17-11+,23-10?,24-20?,25-21?. The van der Waals surface area contributed by atoms with Crippen LogP contribution in [0.5, 0.6) is 0 Å². The van der Waals surface area contributed by atoms with Crippen molar-refractivity contribution in [2.24, 2.45) is 0 Å². The lowest BCUT2D eigenvalue weighted by Gasteiger charge is -2.24. The summed E-state index contributed by atoms with van der Waals surface area (Å²) < 4.78 is 15.4. The number of pyridine rings is 2. The maximum atomic E-state index is 14.4. The maximum absolute atomic E-state index is 14.4. The molecule has 4 N–H and O–H groups in total. The predicted octanol–water partition coefficient (Wildman–Crippen LogP) is 2.36. The van der Waals surface area contributed by atoms with Crippen molar-refractivity contribution in [2.75, 3.05) is 7.05 Å². The molecular weight excluding hydrogens is 385 g/mol. The molecular formula is C21H24FN7O. The Bertz CT molecular complexity index is 1070. The number of hydrogen-bond acceptors (Lipinski definition) is 6. The second kappa shape index (κ2) is 10.1. The highest BCUT2D eigenvalue weighted by molar-refractivity contribution is 6.08. The van der Waals surface area contributed by atoms with Crippen molar-refractivity contribution in [2.45, 2.75) is 19.9 Å². The number of aromatic nitrogens is 2. The van der Waals surface area contributed by atoms with Crippen molar-refractivity contribution in [1.82, 2.24) is 19.8 Å². The Morgan fingerprint density at radius 3 is 2.77 bits per heavy atom. The van der Waals surface area contributed by atoms with Crippen LogP contribution in [0.1, 0.15) is 23.7 Å². The number of nitrogens with zero attached hydrogens (tertiary/aromatic N) is 3. The molecule has 0 aliphatic heterocycles. The van der Waals surface area contributed by atoms with Crippen LogP contribution in [0.4, 0.5) is 4.39 Å². The van der Waals surface area contributed by atoms with Gasteiger partial charge in [0.25, 0.3) is 0 Å². The van der Waals surface area contributed by atoms with E-state index < -0.39 is 17.3 Å². The minimum Gasteiger partial charge on any atom is -0.393 e. The van der Waals surface area contributed by atoms with E-state index in [9.17, 15) is 9.18 Å².